The summed E-state index contributed by atoms with van der Waals surface area (Å²) in [6, 6.07) is 2.13. The van der Waals surface area contributed by atoms with Crippen LogP contribution in [0.1, 0.15) is 23.2 Å². The van der Waals surface area contributed by atoms with Gasteiger partial charge in [-0.2, -0.15) is 26.3 Å². The average molecular weight is 440 g/mol. The Morgan fingerprint density at radius 1 is 1.10 bits per heavy atom. The molecule has 0 radical (unpaired) electrons. The monoisotopic (exact) mass is 440 g/mol. The molecular formula is C16H18F6N6S. The van der Waals surface area contributed by atoms with Crippen molar-refractivity contribution in [1.29, 1.82) is 0 Å². The minimum Gasteiger partial charge on any atom is -0.368 e. The number of pyridine rings is 1. The lowest BCUT2D eigenvalue weighted by molar-refractivity contribution is -0.141. The lowest BCUT2D eigenvalue weighted by Gasteiger charge is -2.14. The highest BCUT2D eigenvalue weighted by Gasteiger charge is 2.34. The van der Waals surface area contributed by atoms with Gasteiger partial charge >= 0.3 is 12.4 Å². The second-order valence-electron chi connectivity index (χ2n) is 5.57. The van der Waals surface area contributed by atoms with Crippen LogP contribution in [0.2, 0.25) is 0 Å². The van der Waals surface area contributed by atoms with E-state index in [0.717, 1.165) is 22.8 Å². The fourth-order valence-corrected chi connectivity index (χ4v) is 2.86. The van der Waals surface area contributed by atoms with E-state index < -0.39 is 23.6 Å². The van der Waals surface area contributed by atoms with Crippen LogP contribution < -0.4 is 16.0 Å². The fourth-order valence-electron chi connectivity index (χ4n) is 2.14. The fraction of sp³-hybridized carbons (Fsp3) is 0.438. The largest absolute Gasteiger partial charge is 0.434 e. The molecule has 6 nitrogen and oxygen atoms in total. The number of alkyl halides is 6. The van der Waals surface area contributed by atoms with E-state index in [4.69, 9.17) is 0 Å². The van der Waals surface area contributed by atoms with E-state index in [1.807, 2.05) is 0 Å². The molecule has 0 bridgehead atoms. The lowest BCUT2D eigenvalue weighted by atomic mass is 10.2. The molecule has 0 aliphatic carbocycles. The smallest absolute Gasteiger partial charge is 0.368 e. The maximum atomic E-state index is 12.9. The van der Waals surface area contributed by atoms with Crippen LogP contribution in [0, 0.1) is 0 Å². The van der Waals surface area contributed by atoms with Gasteiger partial charge in [-0.15, -0.1) is 11.3 Å². The Morgan fingerprint density at radius 3 is 2.48 bits per heavy atom. The molecule has 3 N–H and O–H groups in total. The number of rotatable bonds is 7. The van der Waals surface area contributed by atoms with E-state index in [1.165, 1.54) is 12.3 Å². The summed E-state index contributed by atoms with van der Waals surface area (Å²) < 4.78 is 76.5. The molecule has 2 aromatic rings. The second kappa shape index (κ2) is 9.76. The predicted octanol–water partition coefficient (Wildman–Crippen LogP) is 3.74. The summed E-state index contributed by atoms with van der Waals surface area (Å²) in [6.07, 6.45) is -7.78. The molecular weight excluding hydrogens is 422 g/mol. The van der Waals surface area contributed by atoms with Crippen molar-refractivity contribution in [1.82, 2.24) is 20.6 Å². The minimum absolute atomic E-state index is 0.0675. The molecule has 13 heteroatoms. The van der Waals surface area contributed by atoms with Crippen LogP contribution in [0.25, 0.3) is 0 Å². The summed E-state index contributed by atoms with van der Waals surface area (Å²) >= 11 is 0.845. The van der Waals surface area contributed by atoms with Gasteiger partial charge in [-0.1, -0.05) is 0 Å². The number of thiazole rings is 1. The number of hydrogen-bond donors (Lipinski definition) is 3. The molecule has 0 saturated heterocycles. The zero-order valence-electron chi connectivity index (χ0n) is 15.2. The van der Waals surface area contributed by atoms with Crippen LogP contribution in [0.15, 0.2) is 28.7 Å². The van der Waals surface area contributed by atoms with Gasteiger partial charge in [-0.05, 0) is 19.1 Å². The molecule has 0 atom stereocenters. The summed E-state index contributed by atoms with van der Waals surface area (Å²) in [5, 5.41) is 9.48. The maximum absolute atomic E-state index is 12.9. The molecule has 29 heavy (non-hydrogen) atoms. The minimum atomic E-state index is -4.52. The quantitative estimate of drug-likeness (QED) is 0.265. The molecule has 2 aromatic heterocycles. The van der Waals surface area contributed by atoms with E-state index >= 15 is 0 Å². The number of halogens is 6. The third kappa shape index (κ3) is 7.07. The van der Waals surface area contributed by atoms with Crippen LogP contribution in [-0.4, -0.2) is 35.6 Å². The number of nitrogens with zero attached hydrogens (tertiary/aromatic N) is 3. The molecule has 0 unspecified atom stereocenters. The summed E-state index contributed by atoms with van der Waals surface area (Å²) in [4.78, 5) is 11.3. The Bertz CT molecular complexity index is 817. The summed E-state index contributed by atoms with van der Waals surface area (Å²) in [5.74, 6) is 0.0151. The van der Waals surface area contributed by atoms with Crippen molar-refractivity contribution in [2.45, 2.75) is 25.8 Å². The Morgan fingerprint density at radius 2 is 1.86 bits per heavy atom. The Hall–Kier alpha value is -2.57. The van der Waals surface area contributed by atoms with Gasteiger partial charge in [0.1, 0.15) is 10.8 Å². The van der Waals surface area contributed by atoms with Crippen molar-refractivity contribution in [3.8, 4) is 0 Å². The zero-order valence-corrected chi connectivity index (χ0v) is 16.0. The number of nitrogens with one attached hydrogen (secondary N) is 3. The maximum Gasteiger partial charge on any atom is 0.434 e. The molecule has 0 saturated carbocycles. The van der Waals surface area contributed by atoms with Crippen molar-refractivity contribution in [2.75, 3.05) is 25.0 Å². The van der Waals surface area contributed by atoms with Gasteiger partial charge < -0.3 is 16.0 Å². The Balaban J connectivity index is 1.90. The number of anilines is 1. The molecule has 0 fully saturated rings. The first kappa shape index (κ1) is 22.7. The van der Waals surface area contributed by atoms with Gasteiger partial charge in [0.25, 0.3) is 0 Å². The normalized spacial score (nSPS) is 12.7. The first-order valence-corrected chi connectivity index (χ1v) is 9.29. The Labute approximate surface area is 166 Å². The number of hydrogen-bond acceptors (Lipinski definition) is 5. The van der Waals surface area contributed by atoms with Crippen LogP contribution in [0.3, 0.4) is 0 Å². The third-order valence-electron chi connectivity index (χ3n) is 3.38. The zero-order chi connectivity index (χ0) is 21.5. The summed E-state index contributed by atoms with van der Waals surface area (Å²) in [6.45, 7) is 2.53. The summed E-state index contributed by atoms with van der Waals surface area (Å²) in [5.41, 5.74) is -1.84. The second-order valence-corrected chi connectivity index (χ2v) is 6.51. The van der Waals surface area contributed by atoms with Gasteiger partial charge in [0.2, 0.25) is 0 Å². The molecule has 2 heterocycles. The van der Waals surface area contributed by atoms with Crippen LogP contribution in [0.5, 0.6) is 0 Å². The number of guanidine groups is 1. The van der Waals surface area contributed by atoms with Crippen molar-refractivity contribution in [2.24, 2.45) is 4.99 Å². The summed E-state index contributed by atoms with van der Waals surface area (Å²) in [7, 11) is 0. The molecule has 0 aliphatic heterocycles. The molecule has 0 spiro atoms. The number of aromatic nitrogens is 2. The first-order valence-electron chi connectivity index (χ1n) is 8.41. The van der Waals surface area contributed by atoms with E-state index in [9.17, 15) is 26.3 Å². The van der Waals surface area contributed by atoms with Gasteiger partial charge in [0.05, 0.1) is 12.1 Å². The van der Waals surface area contributed by atoms with Gasteiger partial charge in [-0.3, -0.25) is 0 Å². The standard InChI is InChI=1S/C16H18F6N6S/c1-2-23-14(27-8-12-28-11(9-29-12)16(20,21)22)26-7-6-25-13-10(15(17,18)19)4-3-5-24-13/h3-5,9H,2,6-8H2,1H3,(H,24,25)(H2,23,26,27). The SMILES string of the molecule is CCNC(=NCc1nc(C(F)(F)F)cs1)NCCNc1ncccc1C(F)(F)F. The van der Waals surface area contributed by atoms with Crippen molar-refractivity contribution in [3.05, 3.63) is 40.0 Å². The molecule has 0 amide bonds. The predicted molar refractivity (Wildman–Crippen MR) is 97.7 cm³/mol. The Kier molecular flexibility index (Phi) is 7.65. The van der Waals surface area contributed by atoms with E-state index in [0.29, 0.717) is 12.5 Å². The van der Waals surface area contributed by atoms with Crippen molar-refractivity contribution >= 4 is 23.1 Å². The van der Waals surface area contributed by atoms with Crippen LogP contribution in [0.4, 0.5) is 32.2 Å². The topological polar surface area (TPSA) is 74.2 Å². The molecule has 0 aliphatic rings. The van der Waals surface area contributed by atoms with Crippen LogP contribution in [-0.2, 0) is 18.9 Å². The number of aliphatic imine (C=N–C) groups is 1. The average Bonchev–Trinajstić information content (AvgIpc) is 3.12. The van der Waals surface area contributed by atoms with E-state index in [1.54, 1.807) is 6.92 Å². The molecule has 0 aromatic carbocycles. The van der Waals surface area contributed by atoms with Gasteiger partial charge in [0.15, 0.2) is 11.7 Å². The lowest BCUT2D eigenvalue weighted by Crippen LogP contribution is -2.39. The van der Waals surface area contributed by atoms with Gasteiger partial charge in [0, 0.05) is 31.2 Å². The highest BCUT2D eigenvalue weighted by molar-refractivity contribution is 7.09. The van der Waals surface area contributed by atoms with E-state index in [-0.39, 0.29) is 30.5 Å². The van der Waals surface area contributed by atoms with Crippen molar-refractivity contribution in [3.63, 3.8) is 0 Å². The third-order valence-corrected chi connectivity index (χ3v) is 4.22. The highest BCUT2D eigenvalue weighted by atomic mass is 32.1. The van der Waals surface area contributed by atoms with Crippen LogP contribution >= 0.6 is 11.3 Å². The molecule has 160 valence electrons. The van der Waals surface area contributed by atoms with Gasteiger partial charge in [-0.25, -0.2) is 15.0 Å². The highest BCUT2D eigenvalue weighted by Crippen LogP contribution is 2.33. The molecule has 2 rings (SSSR count). The van der Waals surface area contributed by atoms with E-state index in [2.05, 4.69) is 30.9 Å². The first-order chi connectivity index (χ1) is 13.6. The van der Waals surface area contributed by atoms with Crippen molar-refractivity contribution < 1.29 is 26.3 Å².